The Balaban J connectivity index is 2.92. The summed E-state index contributed by atoms with van der Waals surface area (Å²) >= 11 is 0. The van der Waals surface area contributed by atoms with Crippen molar-refractivity contribution in [1.82, 2.24) is 0 Å². The number of rotatable bonds is 2. The minimum Gasteiger partial charge on any atom is -0.383 e. The molecule has 0 rings (SSSR count). The predicted molar refractivity (Wildman–Crippen MR) is 29.0 cm³/mol. The van der Waals surface area contributed by atoms with Crippen molar-refractivity contribution in [1.29, 1.82) is 0 Å². The smallest absolute Gasteiger partial charge is 0.177 e. The summed E-state index contributed by atoms with van der Waals surface area (Å²) in [6, 6.07) is 0. The largest absolute Gasteiger partial charge is 0.383 e. The number of nitrogens with zero attached hydrogens (tertiary/aromatic N) is 1. The first kappa shape index (κ1) is 6.03. The first-order chi connectivity index (χ1) is 3.41. The summed E-state index contributed by atoms with van der Waals surface area (Å²) in [5, 5.41) is 3.12. The summed E-state index contributed by atoms with van der Waals surface area (Å²) in [4.78, 5) is 4.41. The zero-order valence-corrected chi connectivity index (χ0v) is 4.27. The van der Waals surface area contributed by atoms with Crippen LogP contribution in [0.4, 0.5) is 0 Å². The Labute approximate surface area is 43.2 Å². The third-order valence-electron chi connectivity index (χ3n) is 0.405. The Morgan fingerprint density at radius 2 is 2.57 bits per heavy atom. The van der Waals surface area contributed by atoms with E-state index in [1.807, 2.05) is 0 Å². The minimum absolute atomic E-state index is 0.347. The maximum absolute atomic E-state index is 4.41. The molecular weight excluding hydrogens is 90.1 g/mol. The lowest BCUT2D eigenvalue weighted by atomic mass is 10.6. The normalized spacial score (nSPS) is 5.86. The van der Waals surface area contributed by atoms with Gasteiger partial charge in [-0.05, 0) is 6.92 Å². The summed E-state index contributed by atoms with van der Waals surface area (Å²) in [6.45, 7) is 5.18. The van der Waals surface area contributed by atoms with Crippen LogP contribution in [0.3, 0.4) is 0 Å². The summed E-state index contributed by atoms with van der Waals surface area (Å²) in [6.07, 6.45) is 0. The molecule has 0 aliphatic rings. The molecule has 0 N–H and O–H groups in total. The molecule has 7 heavy (non-hydrogen) atoms. The quantitative estimate of drug-likeness (QED) is 0.214. The van der Waals surface area contributed by atoms with E-state index in [-0.39, 0.29) is 0 Å². The van der Waals surface area contributed by atoms with Crippen LogP contribution in [0.25, 0.3) is 0 Å². The highest BCUT2D eigenvalue weighted by molar-refractivity contribution is 5.21. The lowest BCUT2D eigenvalue weighted by Crippen LogP contribution is -1.78. The van der Waals surface area contributed by atoms with Crippen LogP contribution >= 0.6 is 0 Å². The second-order valence-corrected chi connectivity index (χ2v) is 0.829. The fourth-order valence-corrected chi connectivity index (χ4v) is 0.150. The van der Waals surface area contributed by atoms with Gasteiger partial charge >= 0.3 is 0 Å². The van der Waals surface area contributed by atoms with Gasteiger partial charge in [0.05, 0.1) is 0 Å². The van der Waals surface area contributed by atoms with Crippen molar-refractivity contribution in [3.05, 3.63) is 0 Å². The third kappa shape index (κ3) is 5.03. The molecule has 0 atom stereocenters. The Bertz CT molecular complexity index is 98.4. The first-order valence-electron chi connectivity index (χ1n) is 1.89. The van der Waals surface area contributed by atoms with E-state index in [0.29, 0.717) is 6.61 Å². The average Bonchev–Trinajstić information content (AvgIpc) is 1.69. The van der Waals surface area contributed by atoms with Gasteiger partial charge in [-0.15, -0.1) is 11.1 Å². The maximum Gasteiger partial charge on any atom is 0.177 e. The molecule has 2 heteroatoms. The molecule has 0 saturated carbocycles. The van der Waals surface area contributed by atoms with Crippen LogP contribution in [0.15, 0.2) is 5.16 Å². The van der Waals surface area contributed by atoms with Crippen LogP contribution in [0.5, 0.6) is 0 Å². The van der Waals surface area contributed by atoms with Gasteiger partial charge in [-0.2, -0.15) is 0 Å². The van der Waals surface area contributed by atoms with Crippen molar-refractivity contribution >= 4 is 6.72 Å². The molecule has 0 aliphatic heterocycles. The van der Waals surface area contributed by atoms with E-state index in [4.69, 9.17) is 0 Å². The molecule has 0 fully saturated rings. The topological polar surface area (TPSA) is 21.6 Å². The maximum atomic E-state index is 4.41. The molecule has 0 bridgehead atoms. The Hall–Kier alpha value is -0.970. The van der Waals surface area contributed by atoms with Crippen LogP contribution < -0.4 is 0 Å². The standard InChI is InChI=1S/C5H7NO/c1-3-4-5-7-6-2/h2,5H2,1H3. The second-order valence-electron chi connectivity index (χ2n) is 0.829. The number of hydrogen-bond acceptors (Lipinski definition) is 2. The van der Waals surface area contributed by atoms with Crippen LogP contribution in [0.2, 0.25) is 0 Å². The monoisotopic (exact) mass is 97.1 g/mol. The SMILES string of the molecule is C=NOCC#CC. The van der Waals surface area contributed by atoms with Crippen molar-refractivity contribution in [2.75, 3.05) is 6.61 Å². The van der Waals surface area contributed by atoms with E-state index in [9.17, 15) is 0 Å². The molecule has 0 aromatic heterocycles. The van der Waals surface area contributed by atoms with Gasteiger partial charge in [0, 0.05) is 6.72 Å². The summed E-state index contributed by atoms with van der Waals surface area (Å²) in [5.74, 6) is 5.28. The fourth-order valence-electron chi connectivity index (χ4n) is 0.150. The van der Waals surface area contributed by atoms with Crippen LogP contribution in [-0.2, 0) is 4.84 Å². The zero-order valence-electron chi connectivity index (χ0n) is 4.27. The predicted octanol–water partition coefficient (Wildman–Crippen LogP) is 0.642. The second kappa shape index (κ2) is 5.03. The van der Waals surface area contributed by atoms with E-state index in [1.54, 1.807) is 6.92 Å². The highest BCUT2D eigenvalue weighted by atomic mass is 16.6. The first-order valence-corrected chi connectivity index (χ1v) is 1.89. The van der Waals surface area contributed by atoms with Gasteiger partial charge in [0.25, 0.3) is 0 Å². The highest BCUT2D eigenvalue weighted by Crippen LogP contribution is 1.66. The molecule has 0 unspecified atom stereocenters. The van der Waals surface area contributed by atoms with E-state index in [1.165, 1.54) is 0 Å². The minimum atomic E-state index is 0.347. The molecule has 0 spiro atoms. The Kier molecular flexibility index (Phi) is 4.33. The van der Waals surface area contributed by atoms with Crippen LogP contribution in [-0.4, -0.2) is 13.3 Å². The molecule has 38 valence electrons. The molecule has 0 aromatic rings. The molecule has 0 aliphatic carbocycles. The number of oxime groups is 1. The highest BCUT2D eigenvalue weighted by Gasteiger charge is 1.64. The van der Waals surface area contributed by atoms with Crippen LogP contribution in [0.1, 0.15) is 6.92 Å². The van der Waals surface area contributed by atoms with E-state index < -0.39 is 0 Å². The molecule has 0 saturated heterocycles. The third-order valence-corrected chi connectivity index (χ3v) is 0.405. The molecule has 0 aromatic carbocycles. The summed E-state index contributed by atoms with van der Waals surface area (Å²) < 4.78 is 0. The lowest BCUT2D eigenvalue weighted by molar-refractivity contribution is 0.183. The lowest BCUT2D eigenvalue weighted by Gasteiger charge is -1.82. The molecular formula is C5H7NO. The van der Waals surface area contributed by atoms with Gasteiger partial charge in [0.1, 0.15) is 0 Å². The van der Waals surface area contributed by atoms with Crippen molar-refractivity contribution in [3.8, 4) is 11.8 Å². The molecule has 0 heterocycles. The fraction of sp³-hybridized carbons (Fsp3) is 0.400. The van der Waals surface area contributed by atoms with Gasteiger partial charge in [0.15, 0.2) is 6.61 Å². The van der Waals surface area contributed by atoms with Crippen molar-refractivity contribution < 1.29 is 4.84 Å². The molecule has 0 amide bonds. The van der Waals surface area contributed by atoms with Gasteiger partial charge in [-0.25, -0.2) is 0 Å². The summed E-state index contributed by atoms with van der Waals surface area (Å²) in [5.41, 5.74) is 0. The van der Waals surface area contributed by atoms with Crippen molar-refractivity contribution in [3.63, 3.8) is 0 Å². The number of hydrogen-bond donors (Lipinski definition) is 0. The van der Waals surface area contributed by atoms with Crippen molar-refractivity contribution in [2.24, 2.45) is 5.16 Å². The average molecular weight is 97.1 g/mol. The zero-order chi connectivity index (χ0) is 5.54. The van der Waals surface area contributed by atoms with Gasteiger partial charge in [-0.1, -0.05) is 5.92 Å². The van der Waals surface area contributed by atoms with E-state index >= 15 is 0 Å². The van der Waals surface area contributed by atoms with Crippen LogP contribution in [0, 0.1) is 11.8 Å². The molecule has 2 nitrogen and oxygen atoms in total. The Morgan fingerprint density at radius 1 is 1.86 bits per heavy atom. The Morgan fingerprint density at radius 3 is 3.00 bits per heavy atom. The summed E-state index contributed by atoms with van der Waals surface area (Å²) in [7, 11) is 0. The van der Waals surface area contributed by atoms with Crippen molar-refractivity contribution in [2.45, 2.75) is 6.92 Å². The van der Waals surface area contributed by atoms with Gasteiger partial charge in [-0.3, -0.25) is 0 Å². The van der Waals surface area contributed by atoms with E-state index in [0.717, 1.165) is 0 Å². The van der Waals surface area contributed by atoms with Gasteiger partial charge < -0.3 is 4.84 Å². The van der Waals surface area contributed by atoms with E-state index in [2.05, 4.69) is 28.6 Å². The molecule has 0 radical (unpaired) electrons. The van der Waals surface area contributed by atoms with Gasteiger partial charge in [0.2, 0.25) is 0 Å².